The van der Waals surface area contributed by atoms with Crippen molar-refractivity contribution in [1.29, 1.82) is 0 Å². The first-order valence-electron chi connectivity index (χ1n) is 9.00. The number of carbonyl (C=O) groups excluding carboxylic acids is 1. The molecule has 1 fully saturated rings. The first kappa shape index (κ1) is 18.5. The summed E-state index contributed by atoms with van der Waals surface area (Å²) in [6.45, 7) is 4.25. The monoisotopic (exact) mass is 396 g/mol. The smallest absolute Gasteiger partial charge is 0.254 e. The summed E-state index contributed by atoms with van der Waals surface area (Å²) < 4.78 is 5.77. The molecule has 1 N–H and O–H groups in total. The molecule has 144 valence electrons. The molecule has 3 heterocycles. The highest BCUT2D eigenvalue weighted by atomic mass is 32.1. The molecule has 2 aromatic heterocycles. The second kappa shape index (κ2) is 8.41. The summed E-state index contributed by atoms with van der Waals surface area (Å²) in [6, 6.07) is 9.70. The molecule has 1 aromatic carbocycles. The summed E-state index contributed by atoms with van der Waals surface area (Å²) in [5.41, 5.74) is 3.75. The number of aryl methyl sites for hydroxylation is 1. The predicted octanol–water partition coefficient (Wildman–Crippen LogP) is 1.94. The van der Waals surface area contributed by atoms with Crippen molar-refractivity contribution in [2.24, 2.45) is 0 Å². The minimum absolute atomic E-state index is 0.105. The minimum Gasteiger partial charge on any atom is -0.373 e. The van der Waals surface area contributed by atoms with Crippen LogP contribution in [0.4, 0.5) is 5.13 Å². The largest absolute Gasteiger partial charge is 0.373 e. The molecule has 1 saturated heterocycles. The summed E-state index contributed by atoms with van der Waals surface area (Å²) >= 11 is 1.50. The fourth-order valence-corrected chi connectivity index (χ4v) is 3.64. The van der Waals surface area contributed by atoms with Gasteiger partial charge in [0.25, 0.3) is 5.91 Å². The number of benzene rings is 1. The molecule has 3 aromatic rings. The summed E-state index contributed by atoms with van der Waals surface area (Å²) in [7, 11) is 0. The van der Waals surface area contributed by atoms with Crippen LogP contribution in [0, 0.1) is 6.92 Å². The number of morpholine rings is 1. The topological polar surface area (TPSA) is 93.1 Å². The van der Waals surface area contributed by atoms with Crippen molar-refractivity contribution < 1.29 is 9.53 Å². The Morgan fingerprint density at radius 3 is 2.96 bits per heavy atom. The Balaban J connectivity index is 1.37. The zero-order valence-corrected chi connectivity index (χ0v) is 16.2. The minimum atomic E-state index is -0.200. The van der Waals surface area contributed by atoms with Gasteiger partial charge in [-0.25, -0.2) is 9.97 Å². The van der Waals surface area contributed by atoms with E-state index in [1.165, 1.54) is 11.3 Å². The molecule has 0 radical (unpaired) electrons. The molecule has 0 bridgehead atoms. The van der Waals surface area contributed by atoms with Crippen LogP contribution in [0.15, 0.2) is 42.0 Å². The van der Waals surface area contributed by atoms with Gasteiger partial charge < -0.3 is 15.0 Å². The van der Waals surface area contributed by atoms with Crippen LogP contribution in [0.2, 0.25) is 0 Å². The van der Waals surface area contributed by atoms with Crippen molar-refractivity contribution in [2.45, 2.75) is 13.0 Å². The lowest BCUT2D eigenvalue weighted by atomic mass is 10.2. The van der Waals surface area contributed by atoms with Gasteiger partial charge >= 0.3 is 0 Å². The maximum atomic E-state index is 12.6. The third-order valence-electron chi connectivity index (χ3n) is 4.50. The summed E-state index contributed by atoms with van der Waals surface area (Å²) in [4.78, 5) is 23.5. The lowest BCUT2D eigenvalue weighted by Crippen LogP contribution is -2.47. The van der Waals surface area contributed by atoms with Crippen LogP contribution < -0.4 is 10.2 Å². The number of aromatic nitrogens is 4. The van der Waals surface area contributed by atoms with Gasteiger partial charge in [-0.1, -0.05) is 41.7 Å². The Morgan fingerprint density at radius 2 is 2.21 bits per heavy atom. The molecule has 8 nitrogen and oxygen atoms in total. The van der Waals surface area contributed by atoms with Gasteiger partial charge in [0.2, 0.25) is 5.13 Å². The zero-order valence-electron chi connectivity index (χ0n) is 15.4. The summed E-state index contributed by atoms with van der Waals surface area (Å²) in [5.74, 6) is 0.409. The lowest BCUT2D eigenvalue weighted by Gasteiger charge is -2.32. The Bertz CT molecular complexity index is 935. The number of ether oxygens (including phenoxy) is 1. The van der Waals surface area contributed by atoms with Crippen molar-refractivity contribution >= 4 is 22.4 Å². The van der Waals surface area contributed by atoms with E-state index >= 15 is 0 Å². The quantitative estimate of drug-likeness (QED) is 0.704. The first-order chi connectivity index (χ1) is 13.7. The molecule has 1 aliphatic rings. The van der Waals surface area contributed by atoms with Gasteiger partial charge in [0, 0.05) is 31.4 Å². The molecule has 28 heavy (non-hydrogen) atoms. The standard InChI is InChI=1S/C19H20N6O2S/c1-13-16(10-20-17(23-13)14-5-3-2-4-6-14)18(26)21-9-15-11-25(7-8-27-15)19-24-22-12-28-19/h2-6,10,12,15H,7-9,11H2,1H3,(H,21,26)/t15-/m1/s1. The average molecular weight is 396 g/mol. The van der Waals surface area contributed by atoms with Gasteiger partial charge in [-0.3, -0.25) is 4.79 Å². The Labute approximate surface area is 166 Å². The van der Waals surface area contributed by atoms with E-state index in [4.69, 9.17) is 4.74 Å². The van der Waals surface area contributed by atoms with E-state index in [0.717, 1.165) is 17.2 Å². The number of nitrogens with one attached hydrogen (secondary N) is 1. The third kappa shape index (κ3) is 4.15. The number of amides is 1. The molecule has 0 unspecified atom stereocenters. The molecular weight excluding hydrogens is 376 g/mol. The van der Waals surface area contributed by atoms with Gasteiger partial charge in [-0.05, 0) is 6.92 Å². The van der Waals surface area contributed by atoms with E-state index in [-0.39, 0.29) is 12.0 Å². The Hall–Kier alpha value is -2.91. The third-order valence-corrected chi connectivity index (χ3v) is 5.25. The van der Waals surface area contributed by atoms with Crippen LogP contribution in [0.5, 0.6) is 0 Å². The van der Waals surface area contributed by atoms with Crippen LogP contribution in [-0.4, -0.2) is 58.4 Å². The molecule has 4 rings (SSSR count). The van der Waals surface area contributed by atoms with Crippen LogP contribution in [0.1, 0.15) is 16.1 Å². The highest BCUT2D eigenvalue weighted by Crippen LogP contribution is 2.19. The van der Waals surface area contributed by atoms with Gasteiger partial charge in [0.05, 0.1) is 24.0 Å². The van der Waals surface area contributed by atoms with E-state index < -0.39 is 0 Å². The van der Waals surface area contributed by atoms with E-state index in [9.17, 15) is 4.79 Å². The molecule has 1 aliphatic heterocycles. The maximum Gasteiger partial charge on any atom is 0.254 e. The van der Waals surface area contributed by atoms with Crippen molar-refractivity contribution in [2.75, 3.05) is 31.1 Å². The number of hydrogen-bond acceptors (Lipinski definition) is 8. The number of hydrogen-bond donors (Lipinski definition) is 1. The normalized spacial score (nSPS) is 16.8. The second-order valence-corrected chi connectivity index (χ2v) is 7.24. The summed E-state index contributed by atoms with van der Waals surface area (Å²) in [6.07, 6.45) is 1.47. The van der Waals surface area contributed by atoms with E-state index in [2.05, 4.69) is 30.4 Å². The molecule has 1 atom stereocenters. The van der Waals surface area contributed by atoms with Crippen molar-refractivity contribution in [3.8, 4) is 11.4 Å². The SMILES string of the molecule is Cc1nc(-c2ccccc2)ncc1C(=O)NC[C@@H]1CN(c2nncs2)CCO1. The van der Waals surface area contributed by atoms with Crippen LogP contribution in [0.3, 0.4) is 0 Å². The predicted molar refractivity (Wildman–Crippen MR) is 106 cm³/mol. The van der Waals surface area contributed by atoms with Crippen LogP contribution in [-0.2, 0) is 4.74 Å². The number of nitrogens with zero attached hydrogens (tertiary/aromatic N) is 5. The highest BCUT2D eigenvalue weighted by Gasteiger charge is 2.23. The highest BCUT2D eigenvalue weighted by molar-refractivity contribution is 7.13. The van der Waals surface area contributed by atoms with E-state index in [1.807, 2.05) is 37.3 Å². The van der Waals surface area contributed by atoms with Gasteiger partial charge in [-0.15, -0.1) is 10.2 Å². The fraction of sp³-hybridized carbons (Fsp3) is 0.316. The number of rotatable bonds is 5. The van der Waals surface area contributed by atoms with Crippen LogP contribution in [0.25, 0.3) is 11.4 Å². The molecular formula is C19H20N6O2S. The first-order valence-corrected chi connectivity index (χ1v) is 9.88. The Kier molecular flexibility index (Phi) is 5.54. The fourth-order valence-electron chi connectivity index (χ4n) is 3.04. The average Bonchev–Trinajstić information content (AvgIpc) is 3.28. The zero-order chi connectivity index (χ0) is 19.3. The lowest BCUT2D eigenvalue weighted by molar-refractivity contribution is 0.0396. The van der Waals surface area contributed by atoms with Crippen molar-refractivity contribution in [3.05, 3.63) is 53.3 Å². The number of anilines is 1. The molecule has 0 spiro atoms. The molecule has 0 saturated carbocycles. The molecule has 1 amide bonds. The van der Waals surface area contributed by atoms with Crippen molar-refractivity contribution in [3.63, 3.8) is 0 Å². The van der Waals surface area contributed by atoms with Gasteiger partial charge in [-0.2, -0.15) is 0 Å². The van der Waals surface area contributed by atoms with Crippen molar-refractivity contribution in [1.82, 2.24) is 25.5 Å². The molecule has 0 aliphatic carbocycles. The van der Waals surface area contributed by atoms with Gasteiger partial charge in [0.1, 0.15) is 5.51 Å². The molecule has 9 heteroatoms. The van der Waals surface area contributed by atoms with Crippen LogP contribution >= 0.6 is 11.3 Å². The van der Waals surface area contributed by atoms with E-state index in [0.29, 0.717) is 36.8 Å². The maximum absolute atomic E-state index is 12.6. The summed E-state index contributed by atoms with van der Waals surface area (Å²) in [5, 5.41) is 11.8. The van der Waals surface area contributed by atoms with E-state index in [1.54, 1.807) is 11.7 Å². The Morgan fingerprint density at radius 1 is 1.36 bits per heavy atom. The second-order valence-electron chi connectivity index (χ2n) is 6.43. The van der Waals surface area contributed by atoms with Gasteiger partial charge in [0.15, 0.2) is 5.82 Å². The number of carbonyl (C=O) groups is 1.